The Kier molecular flexibility index (Phi) is 3.33. The molecule has 1 saturated carbocycles. The second kappa shape index (κ2) is 5.31. The average molecular weight is 345 g/mol. The highest BCUT2D eigenvalue weighted by molar-refractivity contribution is 5.57. The van der Waals surface area contributed by atoms with E-state index in [4.69, 9.17) is 0 Å². The number of benzene rings is 2. The van der Waals surface area contributed by atoms with E-state index in [1.165, 1.54) is 28.7 Å². The summed E-state index contributed by atoms with van der Waals surface area (Å²) in [4.78, 5) is 0. The van der Waals surface area contributed by atoms with E-state index in [-0.39, 0.29) is 23.1 Å². The number of aliphatic hydroxyl groups is 1. The minimum absolute atomic E-state index is 0.138. The van der Waals surface area contributed by atoms with Crippen LogP contribution < -0.4 is 5.32 Å². The third kappa shape index (κ3) is 1.89. The van der Waals surface area contributed by atoms with Crippen molar-refractivity contribution in [2.75, 3.05) is 6.61 Å². The van der Waals surface area contributed by atoms with E-state index in [1.54, 1.807) is 0 Å². The summed E-state index contributed by atoms with van der Waals surface area (Å²) in [5, 5.41) is 13.9. The first-order valence-corrected chi connectivity index (χ1v) is 9.81. The van der Waals surface area contributed by atoms with Crippen molar-refractivity contribution in [3.8, 4) is 0 Å². The van der Waals surface area contributed by atoms with E-state index in [0.29, 0.717) is 5.92 Å². The lowest BCUT2D eigenvalue weighted by atomic mass is 9.76. The molecule has 134 valence electrons. The SMILES string of the molecule is C=CC[C@@]12C[C@@H]1C[C@]1(CCO)N[C@@](C)(c3ccccc31)c1ccccc12. The molecule has 5 rings (SSSR count). The molecular weight excluding hydrogens is 318 g/mol. The van der Waals surface area contributed by atoms with Gasteiger partial charge in [0.2, 0.25) is 0 Å². The lowest BCUT2D eigenvalue weighted by molar-refractivity contribution is 0.174. The third-order valence-electron chi connectivity index (χ3n) is 7.35. The lowest BCUT2D eigenvalue weighted by Gasteiger charge is -2.40. The van der Waals surface area contributed by atoms with Gasteiger partial charge in [0.15, 0.2) is 0 Å². The van der Waals surface area contributed by atoms with Crippen molar-refractivity contribution >= 4 is 0 Å². The summed E-state index contributed by atoms with van der Waals surface area (Å²) >= 11 is 0. The Labute approximate surface area is 156 Å². The predicted octanol–water partition coefficient (Wildman–Crippen LogP) is 4.37. The van der Waals surface area contributed by atoms with Crippen LogP contribution in [0, 0.1) is 5.92 Å². The van der Waals surface area contributed by atoms with Gasteiger partial charge in [-0.2, -0.15) is 0 Å². The van der Waals surface area contributed by atoms with Gasteiger partial charge in [-0.25, -0.2) is 0 Å². The van der Waals surface area contributed by atoms with Gasteiger partial charge in [0.1, 0.15) is 0 Å². The highest BCUT2D eigenvalue weighted by atomic mass is 16.3. The molecular formula is C24H27NO. The van der Waals surface area contributed by atoms with Gasteiger partial charge in [-0.15, -0.1) is 6.58 Å². The molecule has 2 aromatic rings. The quantitative estimate of drug-likeness (QED) is 0.807. The highest BCUT2D eigenvalue weighted by Gasteiger charge is 2.63. The highest BCUT2D eigenvalue weighted by Crippen LogP contribution is 2.66. The molecule has 0 amide bonds. The second-order valence-electron chi connectivity index (χ2n) is 8.65. The van der Waals surface area contributed by atoms with Crippen LogP contribution in [0.2, 0.25) is 0 Å². The molecule has 0 aromatic heterocycles. The molecule has 2 bridgehead atoms. The minimum atomic E-state index is -0.218. The fourth-order valence-electron chi connectivity index (χ4n) is 6.18. The molecule has 1 aliphatic carbocycles. The molecule has 0 radical (unpaired) electrons. The van der Waals surface area contributed by atoms with Gasteiger partial charge in [-0.05, 0) is 60.8 Å². The van der Waals surface area contributed by atoms with E-state index < -0.39 is 0 Å². The fourth-order valence-corrected chi connectivity index (χ4v) is 6.18. The van der Waals surface area contributed by atoms with Crippen LogP contribution in [0.25, 0.3) is 0 Å². The topological polar surface area (TPSA) is 32.3 Å². The fraction of sp³-hybridized carbons (Fsp3) is 0.417. The van der Waals surface area contributed by atoms with E-state index in [1.807, 2.05) is 0 Å². The molecule has 2 aromatic carbocycles. The number of aliphatic hydroxyl groups excluding tert-OH is 1. The zero-order chi connectivity index (χ0) is 18.0. The van der Waals surface area contributed by atoms with Gasteiger partial charge >= 0.3 is 0 Å². The average Bonchev–Trinajstić information content (AvgIpc) is 3.26. The summed E-state index contributed by atoms with van der Waals surface area (Å²) in [6, 6.07) is 17.8. The van der Waals surface area contributed by atoms with Crippen LogP contribution in [0.4, 0.5) is 0 Å². The second-order valence-corrected chi connectivity index (χ2v) is 8.65. The van der Waals surface area contributed by atoms with Gasteiger partial charge in [0.25, 0.3) is 0 Å². The lowest BCUT2D eigenvalue weighted by Crippen LogP contribution is -2.49. The van der Waals surface area contributed by atoms with Crippen LogP contribution in [0.5, 0.6) is 0 Å². The van der Waals surface area contributed by atoms with Crippen LogP contribution in [0.3, 0.4) is 0 Å². The summed E-state index contributed by atoms with van der Waals surface area (Å²) in [5.74, 6) is 0.636. The molecule has 2 heteroatoms. The summed E-state index contributed by atoms with van der Waals surface area (Å²) in [7, 11) is 0. The normalized spacial score (nSPS) is 36.3. The molecule has 0 saturated heterocycles. The van der Waals surface area contributed by atoms with E-state index in [9.17, 15) is 5.11 Å². The molecule has 2 N–H and O–H groups in total. The van der Waals surface area contributed by atoms with Crippen molar-refractivity contribution in [2.24, 2.45) is 5.92 Å². The zero-order valence-electron chi connectivity index (χ0n) is 15.5. The summed E-state index contributed by atoms with van der Waals surface area (Å²) in [5.41, 5.74) is 5.52. The number of hydrogen-bond acceptors (Lipinski definition) is 2. The van der Waals surface area contributed by atoms with Crippen molar-refractivity contribution in [3.63, 3.8) is 0 Å². The predicted molar refractivity (Wildman–Crippen MR) is 105 cm³/mol. The number of fused-ring (bicyclic) bond motifs is 9. The maximum absolute atomic E-state index is 9.91. The van der Waals surface area contributed by atoms with E-state index in [2.05, 4.69) is 73.4 Å². The molecule has 2 nitrogen and oxygen atoms in total. The molecule has 0 unspecified atom stereocenters. The molecule has 2 heterocycles. The van der Waals surface area contributed by atoms with Gasteiger partial charge in [-0.1, -0.05) is 54.6 Å². The van der Waals surface area contributed by atoms with Crippen molar-refractivity contribution in [1.29, 1.82) is 0 Å². The monoisotopic (exact) mass is 345 g/mol. The Bertz CT molecular complexity index is 889. The third-order valence-corrected chi connectivity index (χ3v) is 7.35. The van der Waals surface area contributed by atoms with Gasteiger partial charge in [0.05, 0.1) is 5.54 Å². The standard InChI is InChI=1S/C24H27NO/c1-3-12-23-15-17(23)16-24(13-14-26)21-11-7-5-9-19(21)22(2,25-24)18-8-4-6-10-20(18)23/h3-11,17,25-26H,1,12-16H2,2H3/t17-,22-,23-,24+/m1/s1. The molecule has 3 aliphatic rings. The Hall–Kier alpha value is -1.90. The largest absolute Gasteiger partial charge is 0.396 e. The van der Waals surface area contributed by atoms with Crippen LogP contribution in [-0.4, -0.2) is 11.7 Å². The van der Waals surface area contributed by atoms with Crippen LogP contribution in [-0.2, 0) is 16.5 Å². The smallest absolute Gasteiger partial charge is 0.0675 e. The molecule has 26 heavy (non-hydrogen) atoms. The van der Waals surface area contributed by atoms with E-state index >= 15 is 0 Å². The Morgan fingerprint density at radius 1 is 1.04 bits per heavy atom. The van der Waals surface area contributed by atoms with Crippen LogP contribution in [0.15, 0.2) is 61.2 Å². The van der Waals surface area contributed by atoms with Gasteiger partial charge in [-0.3, -0.25) is 5.32 Å². The molecule has 0 spiro atoms. The van der Waals surface area contributed by atoms with Crippen LogP contribution in [0.1, 0.15) is 54.9 Å². The minimum Gasteiger partial charge on any atom is -0.396 e. The van der Waals surface area contributed by atoms with Crippen molar-refractivity contribution < 1.29 is 5.11 Å². The van der Waals surface area contributed by atoms with Crippen molar-refractivity contribution in [1.82, 2.24) is 5.32 Å². The van der Waals surface area contributed by atoms with E-state index in [0.717, 1.165) is 19.3 Å². The first kappa shape index (κ1) is 16.3. The molecule has 2 aliphatic heterocycles. The number of rotatable bonds is 4. The Morgan fingerprint density at radius 2 is 1.65 bits per heavy atom. The van der Waals surface area contributed by atoms with Gasteiger partial charge < -0.3 is 5.11 Å². The molecule has 1 fully saturated rings. The summed E-state index contributed by atoms with van der Waals surface area (Å²) in [6.07, 6.45) is 6.21. The van der Waals surface area contributed by atoms with Crippen molar-refractivity contribution in [3.05, 3.63) is 83.4 Å². The summed E-state index contributed by atoms with van der Waals surface area (Å²) in [6.45, 7) is 6.60. The first-order chi connectivity index (χ1) is 12.6. The number of allylic oxidation sites excluding steroid dienone is 1. The maximum atomic E-state index is 9.91. The Morgan fingerprint density at radius 3 is 2.31 bits per heavy atom. The maximum Gasteiger partial charge on any atom is 0.0675 e. The number of nitrogens with one attached hydrogen (secondary N) is 1. The van der Waals surface area contributed by atoms with Crippen LogP contribution >= 0.6 is 0 Å². The molecule has 4 atom stereocenters. The first-order valence-electron chi connectivity index (χ1n) is 9.81. The number of hydrogen-bond donors (Lipinski definition) is 2. The van der Waals surface area contributed by atoms with Crippen molar-refractivity contribution in [2.45, 2.75) is 49.1 Å². The summed E-state index contributed by atoms with van der Waals surface area (Å²) < 4.78 is 0. The zero-order valence-corrected chi connectivity index (χ0v) is 15.5. The van der Waals surface area contributed by atoms with Gasteiger partial charge in [0, 0.05) is 17.6 Å². The Balaban J connectivity index is 1.81.